The van der Waals surface area contributed by atoms with Gasteiger partial charge in [-0.2, -0.15) is 17.0 Å². The van der Waals surface area contributed by atoms with E-state index in [2.05, 4.69) is 57.0 Å². The van der Waals surface area contributed by atoms with E-state index in [1.807, 2.05) is 0 Å². The molecule has 2 aromatic rings. The van der Waals surface area contributed by atoms with Gasteiger partial charge in [0.2, 0.25) is 11.4 Å². The number of anilines is 1. The first-order valence-electron chi connectivity index (χ1n) is 9.57. The van der Waals surface area contributed by atoms with E-state index in [1.165, 1.54) is 6.07 Å². The van der Waals surface area contributed by atoms with Crippen molar-refractivity contribution in [1.82, 2.24) is 5.16 Å². The van der Waals surface area contributed by atoms with E-state index >= 15 is 0 Å². The van der Waals surface area contributed by atoms with Gasteiger partial charge in [0, 0.05) is 24.0 Å². The highest BCUT2D eigenvalue weighted by atomic mass is 32.1. The smallest absolute Gasteiger partial charge is 0.207 e. The molecule has 3 rings (SSSR count). The molecule has 0 bridgehead atoms. The molecule has 2 heterocycles. The van der Waals surface area contributed by atoms with Gasteiger partial charge in [0.15, 0.2) is 26.2 Å². The average molecular weight is 447 g/mol. The first-order valence-corrected chi connectivity index (χ1v) is 13.0. The summed E-state index contributed by atoms with van der Waals surface area (Å²) >= 11 is 4.57. The number of rotatable bonds is 7. The molecule has 0 radical (unpaired) electrons. The minimum atomic E-state index is -1.87. The van der Waals surface area contributed by atoms with Crippen LogP contribution in [0, 0.1) is 11.6 Å². The highest BCUT2D eigenvalue weighted by molar-refractivity contribution is 7.81. The number of nitrogens with one attached hydrogen (secondary N) is 1. The van der Waals surface area contributed by atoms with Crippen LogP contribution in [0.3, 0.4) is 0 Å². The molecule has 0 saturated carbocycles. The van der Waals surface area contributed by atoms with Gasteiger partial charge in [0.25, 0.3) is 0 Å². The fourth-order valence-corrected chi connectivity index (χ4v) is 4.02. The maximum Gasteiger partial charge on any atom is 0.207 e. The summed E-state index contributed by atoms with van der Waals surface area (Å²) < 4.78 is 50.5. The van der Waals surface area contributed by atoms with Crippen molar-refractivity contribution in [1.29, 1.82) is 0 Å². The van der Waals surface area contributed by atoms with Crippen molar-refractivity contribution in [2.24, 2.45) is 0 Å². The summed E-state index contributed by atoms with van der Waals surface area (Å²) in [7, 11) is -1.87. The van der Waals surface area contributed by atoms with Crippen LogP contribution in [-0.2, 0) is 13.9 Å². The second kappa shape index (κ2) is 8.50. The largest absolute Gasteiger partial charge is 0.416 e. The molecule has 0 aliphatic carbocycles. The standard InChI is InChI=1S/C19H28F2N2O4SSi/c1-19(2,3)29(4,5)26-10-11(28)9-22-17-13-8-12(18-24-6-7-25-18)14(20)15(21)16(13)27-23-17/h8,11,18,28H,6-7,9-10H2,1-5H3,(H,22,23)/t11-/m1/s1. The summed E-state index contributed by atoms with van der Waals surface area (Å²) in [4.78, 5) is 0. The van der Waals surface area contributed by atoms with Crippen LogP contribution in [-0.4, -0.2) is 45.1 Å². The third-order valence-electron chi connectivity index (χ3n) is 5.50. The summed E-state index contributed by atoms with van der Waals surface area (Å²) in [6.45, 7) is 12.4. The van der Waals surface area contributed by atoms with Gasteiger partial charge in [-0.05, 0) is 24.2 Å². The van der Waals surface area contributed by atoms with E-state index in [4.69, 9.17) is 18.4 Å². The number of hydrogen-bond acceptors (Lipinski definition) is 7. The van der Waals surface area contributed by atoms with E-state index < -0.39 is 26.2 Å². The maximum absolute atomic E-state index is 14.4. The van der Waals surface area contributed by atoms with Crippen LogP contribution in [0.5, 0.6) is 0 Å². The summed E-state index contributed by atoms with van der Waals surface area (Å²) in [5.74, 6) is -1.85. The number of halogens is 2. The predicted octanol–water partition coefficient (Wildman–Crippen LogP) is 4.88. The normalized spacial score (nSPS) is 17.2. The minimum absolute atomic E-state index is 0.0116. The van der Waals surface area contributed by atoms with Gasteiger partial charge >= 0.3 is 0 Å². The zero-order valence-electron chi connectivity index (χ0n) is 17.3. The van der Waals surface area contributed by atoms with Crippen LogP contribution in [0.25, 0.3) is 11.0 Å². The van der Waals surface area contributed by atoms with Gasteiger partial charge in [-0.25, -0.2) is 4.39 Å². The Kier molecular flexibility index (Phi) is 6.59. The van der Waals surface area contributed by atoms with Crippen LogP contribution in [0.15, 0.2) is 10.6 Å². The third-order valence-corrected chi connectivity index (χ3v) is 10.3. The van der Waals surface area contributed by atoms with Gasteiger partial charge in [-0.3, -0.25) is 0 Å². The van der Waals surface area contributed by atoms with Crippen molar-refractivity contribution >= 4 is 37.7 Å². The SMILES string of the molecule is CC(C)(C)[Si](C)(C)OC[C@H](S)CNc1noc2c(F)c(F)c(C3OCCO3)cc12. The zero-order chi connectivity index (χ0) is 21.4. The molecule has 0 amide bonds. The quantitative estimate of drug-likeness (QED) is 0.467. The number of hydrogen-bond donors (Lipinski definition) is 2. The molecule has 1 fully saturated rings. The maximum atomic E-state index is 14.4. The van der Waals surface area contributed by atoms with Gasteiger partial charge in [-0.1, -0.05) is 25.9 Å². The topological polar surface area (TPSA) is 65.8 Å². The molecule has 1 aromatic carbocycles. The molecule has 1 N–H and O–H groups in total. The Morgan fingerprint density at radius 3 is 2.55 bits per heavy atom. The van der Waals surface area contributed by atoms with E-state index in [1.54, 1.807) is 0 Å². The Hall–Kier alpha value is -1.20. The zero-order valence-corrected chi connectivity index (χ0v) is 19.2. The number of benzene rings is 1. The summed E-state index contributed by atoms with van der Waals surface area (Å²) in [5.41, 5.74) is -0.262. The number of aromatic nitrogens is 1. The molecule has 1 aliphatic rings. The highest BCUT2D eigenvalue weighted by Gasteiger charge is 2.37. The molecule has 6 nitrogen and oxygen atoms in total. The molecule has 10 heteroatoms. The van der Waals surface area contributed by atoms with Gasteiger partial charge in [0.05, 0.1) is 18.6 Å². The van der Waals surface area contributed by atoms with E-state index in [9.17, 15) is 8.78 Å². The van der Waals surface area contributed by atoms with Crippen molar-refractivity contribution in [2.75, 3.05) is 31.7 Å². The Bertz CT molecular complexity index is 866. The third kappa shape index (κ3) is 4.77. The van der Waals surface area contributed by atoms with Crippen molar-refractivity contribution < 1.29 is 27.2 Å². The van der Waals surface area contributed by atoms with Crippen LogP contribution < -0.4 is 5.32 Å². The Balaban J connectivity index is 1.70. The van der Waals surface area contributed by atoms with Gasteiger partial charge in [-0.15, -0.1) is 0 Å². The van der Waals surface area contributed by atoms with Crippen LogP contribution in [0.1, 0.15) is 32.6 Å². The molecule has 1 aromatic heterocycles. The minimum Gasteiger partial charge on any atom is -0.416 e. The molecule has 0 unspecified atom stereocenters. The van der Waals surface area contributed by atoms with Crippen LogP contribution in [0.2, 0.25) is 18.1 Å². The number of thiol groups is 1. The summed E-state index contributed by atoms with van der Waals surface area (Å²) in [6.07, 6.45) is -0.938. The number of ether oxygens (including phenoxy) is 2. The van der Waals surface area contributed by atoms with E-state index in [0.29, 0.717) is 37.6 Å². The van der Waals surface area contributed by atoms with Gasteiger partial charge in [0.1, 0.15) is 0 Å². The molecule has 29 heavy (non-hydrogen) atoms. The molecule has 162 valence electrons. The first-order chi connectivity index (χ1) is 13.5. The number of nitrogens with zero attached hydrogens (tertiary/aromatic N) is 1. The van der Waals surface area contributed by atoms with Crippen molar-refractivity contribution in [3.05, 3.63) is 23.3 Å². The van der Waals surface area contributed by atoms with Crippen molar-refractivity contribution in [3.8, 4) is 0 Å². The number of fused-ring (bicyclic) bond motifs is 1. The molecule has 0 spiro atoms. The highest BCUT2D eigenvalue weighted by Crippen LogP contribution is 2.37. The summed E-state index contributed by atoms with van der Waals surface area (Å²) in [6, 6.07) is 1.45. The van der Waals surface area contributed by atoms with Crippen LogP contribution >= 0.6 is 12.6 Å². The predicted molar refractivity (Wildman–Crippen MR) is 113 cm³/mol. The van der Waals surface area contributed by atoms with E-state index in [0.717, 1.165) is 0 Å². The lowest BCUT2D eigenvalue weighted by Gasteiger charge is -2.36. The second-order valence-electron chi connectivity index (χ2n) is 8.68. The summed E-state index contributed by atoms with van der Waals surface area (Å²) in [5, 5.41) is 7.26. The van der Waals surface area contributed by atoms with Crippen LogP contribution in [0.4, 0.5) is 14.6 Å². The fourth-order valence-electron chi connectivity index (χ4n) is 2.67. The molecule has 1 aliphatic heterocycles. The second-order valence-corrected chi connectivity index (χ2v) is 14.2. The lowest BCUT2D eigenvalue weighted by atomic mass is 10.1. The Labute approximate surface area is 175 Å². The van der Waals surface area contributed by atoms with Crippen molar-refractivity contribution in [3.63, 3.8) is 0 Å². The Morgan fingerprint density at radius 1 is 1.28 bits per heavy atom. The molecular formula is C19H28F2N2O4SSi. The Morgan fingerprint density at radius 2 is 1.93 bits per heavy atom. The lowest BCUT2D eigenvalue weighted by Crippen LogP contribution is -2.42. The average Bonchev–Trinajstić information content (AvgIpc) is 3.30. The van der Waals surface area contributed by atoms with Gasteiger partial charge < -0.3 is 23.7 Å². The van der Waals surface area contributed by atoms with Crippen molar-refractivity contribution in [2.45, 2.75) is 50.4 Å². The molecule has 1 saturated heterocycles. The molecule has 1 atom stereocenters. The van der Waals surface area contributed by atoms with E-state index in [-0.39, 0.29) is 21.4 Å². The first kappa shape index (κ1) is 22.5. The molecular weight excluding hydrogens is 418 g/mol. The lowest BCUT2D eigenvalue weighted by molar-refractivity contribution is -0.0467. The fraction of sp³-hybridized carbons (Fsp3) is 0.632. The monoisotopic (exact) mass is 446 g/mol.